The lowest BCUT2D eigenvalue weighted by Crippen LogP contribution is -1.83. The topological polar surface area (TPSA) is 30.2 Å². The Kier molecular flexibility index (Phi) is 4.02. The van der Waals surface area contributed by atoms with E-state index in [1.165, 1.54) is 0 Å². The van der Waals surface area contributed by atoms with Crippen LogP contribution in [0.5, 0.6) is 0 Å². The van der Waals surface area contributed by atoms with Gasteiger partial charge in [-0.15, -0.1) is 0 Å². The molecule has 0 bridgehead atoms. The Morgan fingerprint density at radius 2 is 1.46 bits per heavy atom. The Labute approximate surface area is 153 Å². The first-order valence-corrected chi connectivity index (χ1v) is 9.39. The molecule has 6 heteroatoms. The predicted molar refractivity (Wildman–Crippen MR) is 102 cm³/mol. The molecule has 2 nitrogen and oxygen atoms in total. The highest BCUT2D eigenvalue weighted by Gasteiger charge is 2.20. The molecule has 1 heterocycles. The van der Waals surface area contributed by atoms with E-state index < -0.39 is 7.65 Å². The van der Waals surface area contributed by atoms with E-state index in [0.29, 0.717) is 25.8 Å². The van der Waals surface area contributed by atoms with Crippen LogP contribution in [0.15, 0.2) is 58.8 Å². The van der Waals surface area contributed by atoms with Crippen LogP contribution in [0.25, 0.3) is 32.6 Å². The first kappa shape index (κ1) is 15.9. The maximum absolute atomic E-state index is 12.5. The first-order valence-electron chi connectivity index (χ1n) is 7.07. The maximum Gasteiger partial charge on any atom is 0.597 e. The van der Waals surface area contributed by atoms with Crippen molar-refractivity contribution in [1.82, 2.24) is 0 Å². The summed E-state index contributed by atoms with van der Waals surface area (Å²) in [5, 5.41) is 3.92. The molecule has 0 aliphatic carbocycles. The van der Waals surface area contributed by atoms with Gasteiger partial charge in [0.25, 0.3) is 0 Å². The van der Waals surface area contributed by atoms with Gasteiger partial charge in [0.05, 0.1) is 0 Å². The molecule has 3 aromatic carbocycles. The minimum Gasteiger partial charge on any atom is -0.249 e. The van der Waals surface area contributed by atoms with Gasteiger partial charge in [0.1, 0.15) is 0 Å². The van der Waals surface area contributed by atoms with Gasteiger partial charge in [-0.05, 0) is 46.5 Å². The molecule has 4 aromatic rings. The normalized spacial score (nSPS) is 12.0. The van der Waals surface area contributed by atoms with E-state index in [1.807, 2.05) is 24.3 Å². The van der Waals surface area contributed by atoms with Gasteiger partial charge in [-0.2, -0.15) is 0 Å². The van der Waals surface area contributed by atoms with E-state index in [1.54, 1.807) is 30.3 Å². The second kappa shape index (κ2) is 6.06. The molecule has 0 saturated heterocycles. The lowest BCUT2D eigenvalue weighted by Gasteiger charge is -2.06. The van der Waals surface area contributed by atoms with Gasteiger partial charge in [0.15, 0.2) is 0 Å². The molecule has 0 aliphatic rings. The molecule has 118 valence electrons. The van der Waals surface area contributed by atoms with E-state index in [2.05, 4.69) is 0 Å². The molecule has 4 rings (SSSR count). The van der Waals surface area contributed by atoms with Crippen LogP contribution in [-0.2, 0) is 4.57 Å². The van der Waals surface area contributed by atoms with Gasteiger partial charge in [0.2, 0.25) is 10.7 Å². The summed E-state index contributed by atoms with van der Waals surface area (Å²) in [6.07, 6.45) is 0. The largest absolute Gasteiger partial charge is 0.597 e. The SMILES string of the molecule is O=[p+]1oc2c(-c3ccc(Cl)cc3)cc(Cl)cc2c2ccc(Cl)cc21. The lowest BCUT2D eigenvalue weighted by atomic mass is 10.0. The smallest absolute Gasteiger partial charge is 0.249 e. The quantitative estimate of drug-likeness (QED) is 0.307. The third-order valence-corrected chi connectivity index (χ3v) is 5.65. The number of hydrogen-bond acceptors (Lipinski definition) is 2. The first-order chi connectivity index (χ1) is 11.5. The summed E-state index contributed by atoms with van der Waals surface area (Å²) in [6.45, 7) is 0. The fourth-order valence-electron chi connectivity index (χ4n) is 2.75. The van der Waals surface area contributed by atoms with Gasteiger partial charge < -0.3 is 0 Å². The summed E-state index contributed by atoms with van der Waals surface area (Å²) in [6, 6.07) is 16.2. The van der Waals surface area contributed by atoms with Crippen molar-refractivity contribution in [2.75, 3.05) is 0 Å². The van der Waals surface area contributed by atoms with Gasteiger partial charge in [-0.1, -0.05) is 46.9 Å². The molecule has 0 spiro atoms. The van der Waals surface area contributed by atoms with Crippen molar-refractivity contribution >= 4 is 63.9 Å². The Hall–Kier alpha value is -1.57. The average Bonchev–Trinajstić information content (AvgIpc) is 2.56. The summed E-state index contributed by atoms with van der Waals surface area (Å²) in [7, 11) is -2.04. The number of benzene rings is 3. The lowest BCUT2D eigenvalue weighted by molar-refractivity contribution is 0.563. The average molecular weight is 395 g/mol. The number of rotatable bonds is 1. The van der Waals surface area contributed by atoms with Gasteiger partial charge >= 0.3 is 7.65 Å². The van der Waals surface area contributed by atoms with E-state index in [4.69, 9.17) is 39.0 Å². The summed E-state index contributed by atoms with van der Waals surface area (Å²) >= 11 is 18.3. The van der Waals surface area contributed by atoms with Crippen LogP contribution < -0.4 is 0 Å². The number of fused-ring (bicyclic) bond motifs is 3. The third kappa shape index (κ3) is 2.70. The van der Waals surface area contributed by atoms with Crippen molar-refractivity contribution in [2.24, 2.45) is 0 Å². The van der Waals surface area contributed by atoms with Crippen molar-refractivity contribution in [3.05, 3.63) is 69.7 Å². The van der Waals surface area contributed by atoms with Gasteiger partial charge in [-0.25, -0.2) is 4.20 Å². The van der Waals surface area contributed by atoms with E-state index in [9.17, 15) is 4.57 Å². The number of halogens is 3. The van der Waals surface area contributed by atoms with E-state index >= 15 is 0 Å². The maximum atomic E-state index is 12.5. The zero-order valence-corrected chi connectivity index (χ0v) is 15.3. The second-order valence-corrected chi connectivity index (χ2v) is 7.83. The van der Waals surface area contributed by atoms with Gasteiger partial charge in [-0.3, -0.25) is 0 Å². The Bertz CT molecular complexity index is 1150. The molecular weight excluding hydrogens is 386 g/mol. The fraction of sp³-hybridized carbons (Fsp3) is 0. The molecule has 24 heavy (non-hydrogen) atoms. The minimum atomic E-state index is -2.04. The molecule has 1 atom stereocenters. The molecule has 0 saturated carbocycles. The molecule has 0 amide bonds. The van der Waals surface area contributed by atoms with Crippen molar-refractivity contribution < 1.29 is 8.76 Å². The highest BCUT2D eigenvalue weighted by Crippen LogP contribution is 2.42. The van der Waals surface area contributed by atoms with Crippen LogP contribution in [0.3, 0.4) is 0 Å². The Morgan fingerprint density at radius 3 is 2.21 bits per heavy atom. The van der Waals surface area contributed by atoms with E-state index in [-0.39, 0.29) is 0 Å². The molecule has 1 unspecified atom stereocenters. The minimum absolute atomic E-state index is 0.518. The van der Waals surface area contributed by atoms with Crippen molar-refractivity contribution in [2.45, 2.75) is 0 Å². The van der Waals surface area contributed by atoms with Gasteiger partial charge in [0, 0.05) is 37.5 Å². The summed E-state index contributed by atoms with van der Waals surface area (Å²) in [5.41, 5.74) is 2.22. The Balaban J connectivity index is 2.16. The molecule has 0 N–H and O–H groups in total. The Morgan fingerprint density at radius 1 is 0.750 bits per heavy atom. The highest BCUT2D eigenvalue weighted by molar-refractivity contribution is 7.37. The van der Waals surface area contributed by atoms with Crippen LogP contribution in [0, 0.1) is 0 Å². The number of hydrogen-bond donors (Lipinski definition) is 0. The van der Waals surface area contributed by atoms with Crippen LogP contribution in [0.4, 0.5) is 0 Å². The van der Waals surface area contributed by atoms with Crippen molar-refractivity contribution in [3.8, 4) is 11.1 Å². The van der Waals surface area contributed by atoms with Crippen LogP contribution in [0.2, 0.25) is 15.1 Å². The molecule has 1 aromatic heterocycles. The van der Waals surface area contributed by atoms with E-state index in [0.717, 1.165) is 21.9 Å². The monoisotopic (exact) mass is 393 g/mol. The van der Waals surface area contributed by atoms with Crippen molar-refractivity contribution in [1.29, 1.82) is 0 Å². The molecule has 0 radical (unpaired) electrons. The van der Waals surface area contributed by atoms with Crippen molar-refractivity contribution in [3.63, 3.8) is 0 Å². The van der Waals surface area contributed by atoms with Crippen LogP contribution >= 0.6 is 42.5 Å². The standard InChI is InChI=1S/C18H9Cl3O2P/c19-11-3-1-10(2-4-11)15-7-13(21)8-16-14-6-5-12(20)9-17(14)24(22)23-18(15)16/h1-9H/q+1. The fourth-order valence-corrected chi connectivity index (χ4v) is 4.44. The zero-order chi connectivity index (χ0) is 16.8. The predicted octanol–water partition coefficient (Wildman–Crippen LogP) is 7.96. The molecule has 0 fully saturated rings. The van der Waals surface area contributed by atoms with Crippen LogP contribution in [0.1, 0.15) is 0 Å². The molecular formula is C18H9Cl3O2P+. The molecule has 0 aliphatic heterocycles. The second-order valence-electron chi connectivity index (χ2n) is 5.35. The highest BCUT2D eigenvalue weighted by atomic mass is 35.5. The van der Waals surface area contributed by atoms with Crippen LogP contribution in [-0.4, -0.2) is 0 Å². The zero-order valence-electron chi connectivity index (χ0n) is 12.1. The summed E-state index contributed by atoms with van der Waals surface area (Å²) < 4.78 is 18.3. The third-order valence-electron chi connectivity index (χ3n) is 3.83. The summed E-state index contributed by atoms with van der Waals surface area (Å²) in [5.74, 6) is 0. The summed E-state index contributed by atoms with van der Waals surface area (Å²) in [4.78, 5) is 0.